The van der Waals surface area contributed by atoms with E-state index in [2.05, 4.69) is 11.4 Å². The Morgan fingerprint density at radius 3 is 2.90 bits per heavy atom. The highest BCUT2D eigenvalue weighted by atomic mass is 32.2. The van der Waals surface area contributed by atoms with E-state index in [0.29, 0.717) is 25.2 Å². The highest BCUT2D eigenvalue weighted by Gasteiger charge is 2.29. The van der Waals surface area contributed by atoms with Gasteiger partial charge in [0.1, 0.15) is 0 Å². The first-order chi connectivity index (χ1) is 14.0. The summed E-state index contributed by atoms with van der Waals surface area (Å²) in [6.07, 6.45) is 8.60. The van der Waals surface area contributed by atoms with Crippen LogP contribution in [0.4, 0.5) is 0 Å². The highest BCUT2D eigenvalue weighted by Crippen LogP contribution is 2.28. The number of rotatable bonds is 6. The Kier molecular flexibility index (Phi) is 6.18. The first kappa shape index (κ1) is 20.3. The van der Waals surface area contributed by atoms with Crippen LogP contribution >= 0.6 is 11.3 Å². The number of benzene rings is 1. The molecule has 0 bridgehead atoms. The lowest BCUT2D eigenvalue weighted by Crippen LogP contribution is -2.35. The summed E-state index contributed by atoms with van der Waals surface area (Å²) in [7, 11) is -3.63. The number of carbonyl (C=O) groups is 1. The predicted molar refractivity (Wildman–Crippen MR) is 116 cm³/mol. The summed E-state index contributed by atoms with van der Waals surface area (Å²) in [5.41, 5.74) is 2.87. The number of allylic oxidation sites excluding steroid dienone is 1. The highest BCUT2D eigenvalue weighted by molar-refractivity contribution is 7.89. The molecule has 5 nitrogen and oxygen atoms in total. The third-order valence-corrected chi connectivity index (χ3v) is 8.49. The summed E-state index contributed by atoms with van der Waals surface area (Å²) in [6, 6.07) is 8.37. The van der Waals surface area contributed by atoms with Crippen LogP contribution in [-0.4, -0.2) is 31.7 Å². The Morgan fingerprint density at radius 1 is 1.17 bits per heavy atom. The number of hydrogen-bond donors (Lipinski definition) is 1. The predicted octanol–water partition coefficient (Wildman–Crippen LogP) is 4.12. The number of nitrogens with one attached hydrogen (secondary N) is 1. The fraction of sp³-hybridized carbons (Fsp3) is 0.409. The monoisotopic (exact) mass is 430 g/mol. The largest absolute Gasteiger partial charge is 0.352 e. The van der Waals surface area contributed by atoms with Crippen molar-refractivity contribution in [3.05, 3.63) is 63.4 Å². The second kappa shape index (κ2) is 8.81. The number of nitrogens with zero attached hydrogens (tertiary/aromatic N) is 1. The van der Waals surface area contributed by atoms with Crippen LogP contribution in [0.2, 0.25) is 0 Å². The fourth-order valence-corrected chi connectivity index (χ4v) is 6.30. The van der Waals surface area contributed by atoms with Crippen LogP contribution in [0.1, 0.15) is 52.9 Å². The molecule has 0 spiro atoms. The summed E-state index contributed by atoms with van der Waals surface area (Å²) in [4.78, 5) is 14.0. The lowest BCUT2D eigenvalue weighted by Gasteiger charge is -2.26. The maximum Gasteiger partial charge on any atom is 0.251 e. The minimum Gasteiger partial charge on any atom is -0.352 e. The van der Waals surface area contributed by atoms with Crippen LogP contribution in [0.5, 0.6) is 0 Å². The van der Waals surface area contributed by atoms with Gasteiger partial charge in [-0.05, 0) is 73.7 Å². The van der Waals surface area contributed by atoms with Crippen molar-refractivity contribution in [1.29, 1.82) is 0 Å². The third-order valence-electron chi connectivity index (χ3n) is 5.62. The van der Waals surface area contributed by atoms with Gasteiger partial charge in [0.15, 0.2) is 0 Å². The van der Waals surface area contributed by atoms with E-state index in [1.807, 2.05) is 11.4 Å². The number of thiophene rings is 1. The maximum absolute atomic E-state index is 13.1. The van der Waals surface area contributed by atoms with Gasteiger partial charge in [-0.15, -0.1) is 11.3 Å². The van der Waals surface area contributed by atoms with Gasteiger partial charge >= 0.3 is 0 Å². The molecule has 1 aromatic carbocycles. The Bertz CT molecular complexity index is 1020. The smallest absolute Gasteiger partial charge is 0.251 e. The Labute approximate surface area is 176 Å². The van der Waals surface area contributed by atoms with Crippen LogP contribution in [0.15, 0.2) is 52.3 Å². The molecule has 154 valence electrons. The van der Waals surface area contributed by atoms with Crippen molar-refractivity contribution >= 4 is 27.3 Å². The lowest BCUT2D eigenvalue weighted by molar-refractivity contribution is 0.0954. The summed E-state index contributed by atoms with van der Waals surface area (Å²) in [5, 5.41) is 4.94. The van der Waals surface area contributed by atoms with Gasteiger partial charge < -0.3 is 5.32 Å². The molecule has 1 aliphatic heterocycles. The van der Waals surface area contributed by atoms with Crippen LogP contribution in [0, 0.1) is 0 Å². The molecule has 2 aromatic rings. The molecule has 4 rings (SSSR count). The van der Waals surface area contributed by atoms with Crippen molar-refractivity contribution in [3.63, 3.8) is 0 Å². The number of fused-ring (bicyclic) bond motifs is 1. The first-order valence-electron chi connectivity index (χ1n) is 10.2. The Morgan fingerprint density at radius 2 is 2.07 bits per heavy atom. The minimum absolute atomic E-state index is 0.179. The Hall–Kier alpha value is -1.96. The van der Waals surface area contributed by atoms with Crippen molar-refractivity contribution in [2.24, 2.45) is 0 Å². The maximum atomic E-state index is 13.1. The van der Waals surface area contributed by atoms with E-state index in [0.717, 1.165) is 31.2 Å². The zero-order valence-electron chi connectivity index (χ0n) is 16.4. The lowest BCUT2D eigenvalue weighted by atomic mass is 9.97. The molecule has 7 heteroatoms. The van der Waals surface area contributed by atoms with Crippen molar-refractivity contribution in [3.8, 4) is 0 Å². The molecule has 2 aliphatic rings. The molecule has 1 N–H and O–H groups in total. The van der Waals surface area contributed by atoms with Crippen LogP contribution in [-0.2, 0) is 23.0 Å². The summed E-state index contributed by atoms with van der Waals surface area (Å²) >= 11 is 1.68. The summed E-state index contributed by atoms with van der Waals surface area (Å²) < 4.78 is 27.7. The van der Waals surface area contributed by atoms with Crippen LogP contribution in [0.3, 0.4) is 0 Å². The molecule has 1 amide bonds. The standard InChI is InChI=1S/C22H26N2O3S2/c25-22(23-12-9-17-5-2-1-3-6-17)18-7-4-8-20(15-18)29(26,27)24-13-10-21-19(16-24)11-14-28-21/h4-5,7-8,11,14-15H,1-3,6,9-10,12-13,16H2,(H,23,25). The van der Waals surface area contributed by atoms with E-state index in [1.54, 1.807) is 29.5 Å². The second-order valence-corrected chi connectivity index (χ2v) is 10.5. The number of carbonyl (C=O) groups excluding carboxylic acids is 1. The normalized spacial score (nSPS) is 17.4. The summed E-state index contributed by atoms with van der Waals surface area (Å²) in [6.45, 7) is 1.45. The molecule has 2 heterocycles. The van der Waals surface area contributed by atoms with Gasteiger partial charge in [0.25, 0.3) is 5.91 Å². The molecule has 1 aromatic heterocycles. The number of amides is 1. The molecule has 0 saturated carbocycles. The number of hydrogen-bond acceptors (Lipinski definition) is 4. The van der Waals surface area contributed by atoms with E-state index < -0.39 is 10.0 Å². The molecular weight excluding hydrogens is 404 g/mol. The molecule has 0 fully saturated rings. The molecule has 1 aliphatic carbocycles. The van der Waals surface area contributed by atoms with Gasteiger partial charge in [0, 0.05) is 30.1 Å². The van der Waals surface area contributed by atoms with E-state index in [4.69, 9.17) is 0 Å². The zero-order chi connectivity index (χ0) is 20.3. The zero-order valence-corrected chi connectivity index (χ0v) is 18.0. The van der Waals surface area contributed by atoms with Gasteiger partial charge in [-0.25, -0.2) is 8.42 Å². The second-order valence-electron chi connectivity index (χ2n) is 7.60. The average Bonchev–Trinajstić information content (AvgIpc) is 3.22. The van der Waals surface area contributed by atoms with Crippen molar-refractivity contribution in [1.82, 2.24) is 9.62 Å². The van der Waals surface area contributed by atoms with E-state index in [9.17, 15) is 13.2 Å². The van der Waals surface area contributed by atoms with Crippen molar-refractivity contribution in [2.45, 2.75) is 50.0 Å². The van der Waals surface area contributed by atoms with E-state index in [1.165, 1.54) is 33.7 Å². The van der Waals surface area contributed by atoms with Crippen molar-refractivity contribution in [2.75, 3.05) is 13.1 Å². The molecule has 0 radical (unpaired) electrons. The molecule has 0 atom stereocenters. The molecule has 0 unspecified atom stereocenters. The van der Waals surface area contributed by atoms with Gasteiger partial charge in [0.2, 0.25) is 10.0 Å². The van der Waals surface area contributed by atoms with E-state index in [-0.39, 0.29) is 10.8 Å². The fourth-order valence-electron chi connectivity index (χ4n) is 3.94. The van der Waals surface area contributed by atoms with Gasteiger partial charge in [-0.3, -0.25) is 4.79 Å². The van der Waals surface area contributed by atoms with E-state index >= 15 is 0 Å². The van der Waals surface area contributed by atoms with Gasteiger partial charge in [-0.1, -0.05) is 17.7 Å². The van der Waals surface area contributed by atoms with Gasteiger partial charge in [0.05, 0.1) is 4.90 Å². The quantitative estimate of drug-likeness (QED) is 0.701. The molecular formula is C22H26N2O3S2. The molecule has 0 saturated heterocycles. The van der Waals surface area contributed by atoms with Gasteiger partial charge in [-0.2, -0.15) is 4.31 Å². The SMILES string of the molecule is O=C(NCCC1=CCCCC1)c1cccc(S(=O)(=O)N2CCc3sccc3C2)c1. The topological polar surface area (TPSA) is 66.5 Å². The third kappa shape index (κ3) is 4.63. The summed E-state index contributed by atoms with van der Waals surface area (Å²) in [5.74, 6) is -0.225. The number of sulfonamides is 1. The van der Waals surface area contributed by atoms with Crippen LogP contribution in [0.25, 0.3) is 0 Å². The first-order valence-corrected chi connectivity index (χ1v) is 12.5. The van der Waals surface area contributed by atoms with Crippen LogP contribution < -0.4 is 5.32 Å². The average molecular weight is 431 g/mol. The Balaban J connectivity index is 1.42. The van der Waals surface area contributed by atoms with Crippen molar-refractivity contribution < 1.29 is 13.2 Å². The minimum atomic E-state index is -3.63. The molecule has 29 heavy (non-hydrogen) atoms.